The van der Waals surface area contributed by atoms with Crippen molar-refractivity contribution in [2.75, 3.05) is 34.4 Å². The summed E-state index contributed by atoms with van der Waals surface area (Å²) in [5.41, 5.74) is -4.07. The third-order valence-corrected chi connectivity index (χ3v) is 10.1. The molecule has 1 spiro atoms. The standard InChI is InChI=1S/C38H55N3O10/c1-24(17-13-10-11-14-18-28-22-40-27(4)50-28)32(43)36(5,6)34(45)39-20-16-12-15-19-29(42)25(2)21-30(49-9)38(47)26(3)33(44)41(7)37(38)31(23-48-8)51-35(37)46/h10,12-19,22,25-26,29-32,42-43,47H,11,20-21,23H2,1-9H3,(H,39,45)/t25-,26+,29-,30-,31+,32-,37-,38+/m0/s1. The van der Waals surface area contributed by atoms with Crippen LogP contribution in [0.1, 0.15) is 59.1 Å². The number of aryl methyl sites for hydroxylation is 1. The molecule has 2 fully saturated rings. The van der Waals surface area contributed by atoms with E-state index in [-0.39, 0.29) is 25.5 Å². The van der Waals surface area contributed by atoms with Crippen molar-refractivity contribution in [2.45, 2.75) is 89.9 Å². The van der Waals surface area contributed by atoms with Crippen LogP contribution in [0, 0.1) is 24.2 Å². The number of likely N-dealkylation sites (N-methyl/N-ethyl adjacent to an activating group) is 1. The first-order chi connectivity index (χ1) is 24.0. The molecule has 2 aliphatic rings. The molecule has 0 aliphatic carbocycles. The lowest BCUT2D eigenvalue weighted by atomic mass is 9.65. The number of aliphatic hydroxyl groups excluding tert-OH is 2. The van der Waals surface area contributed by atoms with Crippen molar-refractivity contribution in [3.63, 3.8) is 0 Å². The summed E-state index contributed by atoms with van der Waals surface area (Å²) in [6.45, 7) is 10.4. The minimum atomic E-state index is -1.94. The van der Waals surface area contributed by atoms with Gasteiger partial charge in [-0.05, 0) is 51.2 Å². The number of hydrogen-bond acceptors (Lipinski definition) is 11. The number of hydrogen-bond donors (Lipinski definition) is 4. The number of likely N-dealkylation sites (tertiary alicyclic amines) is 1. The van der Waals surface area contributed by atoms with Gasteiger partial charge in [0.25, 0.3) is 0 Å². The van der Waals surface area contributed by atoms with E-state index in [1.165, 1.54) is 26.2 Å². The quantitative estimate of drug-likeness (QED) is 0.130. The highest BCUT2D eigenvalue weighted by Crippen LogP contribution is 2.54. The van der Waals surface area contributed by atoms with Crippen molar-refractivity contribution >= 4 is 23.9 Å². The molecule has 4 N–H and O–H groups in total. The van der Waals surface area contributed by atoms with Crippen LogP contribution in [-0.4, -0.2) is 113 Å². The summed E-state index contributed by atoms with van der Waals surface area (Å²) in [5.74, 6) is -1.60. The van der Waals surface area contributed by atoms with Gasteiger partial charge in [-0.2, -0.15) is 0 Å². The van der Waals surface area contributed by atoms with Gasteiger partial charge < -0.3 is 44.2 Å². The maximum absolute atomic E-state index is 13.1. The van der Waals surface area contributed by atoms with Crippen LogP contribution in [0.25, 0.3) is 6.08 Å². The van der Waals surface area contributed by atoms with E-state index in [2.05, 4.69) is 10.3 Å². The maximum atomic E-state index is 13.1. The molecule has 0 unspecified atom stereocenters. The van der Waals surface area contributed by atoms with Crippen LogP contribution < -0.4 is 5.32 Å². The van der Waals surface area contributed by atoms with Crippen molar-refractivity contribution in [3.8, 4) is 0 Å². The second-order valence-corrected chi connectivity index (χ2v) is 13.9. The minimum Gasteiger partial charge on any atom is -0.455 e. The zero-order valence-electron chi connectivity index (χ0n) is 31.2. The predicted octanol–water partition coefficient (Wildman–Crippen LogP) is 3.06. The van der Waals surface area contributed by atoms with Crippen molar-refractivity contribution in [2.24, 2.45) is 17.3 Å². The Hall–Kier alpha value is -3.88. The van der Waals surface area contributed by atoms with Gasteiger partial charge in [0.1, 0.15) is 11.4 Å². The summed E-state index contributed by atoms with van der Waals surface area (Å²) < 4.78 is 21.6. The molecule has 1 aromatic rings. The molecule has 1 aromatic heterocycles. The highest BCUT2D eigenvalue weighted by molar-refractivity contribution is 6.00. The Bertz CT molecular complexity index is 1530. The number of aliphatic hydroxyl groups is 3. The first-order valence-corrected chi connectivity index (χ1v) is 17.1. The molecule has 2 aliphatic heterocycles. The number of ether oxygens (including phenoxy) is 3. The van der Waals surface area contributed by atoms with Crippen LogP contribution in [0.5, 0.6) is 0 Å². The van der Waals surface area contributed by atoms with Gasteiger partial charge >= 0.3 is 5.97 Å². The molecule has 8 atom stereocenters. The highest BCUT2D eigenvalue weighted by Gasteiger charge is 2.81. The Kier molecular flexibility index (Phi) is 14.3. The molecular formula is C38H55N3O10. The number of carbonyl (C=O) groups excluding carboxylic acids is 3. The van der Waals surface area contributed by atoms with Gasteiger partial charge in [0, 0.05) is 34.7 Å². The van der Waals surface area contributed by atoms with E-state index in [4.69, 9.17) is 18.6 Å². The molecule has 13 heteroatoms. The highest BCUT2D eigenvalue weighted by atomic mass is 16.6. The minimum absolute atomic E-state index is 0.0138. The summed E-state index contributed by atoms with van der Waals surface area (Å²) in [6.07, 6.45) is 14.5. The summed E-state index contributed by atoms with van der Waals surface area (Å²) in [6, 6.07) is 0. The molecule has 2 amide bonds. The molecule has 3 heterocycles. The number of allylic oxidation sites excluding steroid dienone is 6. The van der Waals surface area contributed by atoms with E-state index in [0.29, 0.717) is 23.6 Å². The van der Waals surface area contributed by atoms with E-state index in [1.54, 1.807) is 78.1 Å². The fourth-order valence-electron chi connectivity index (χ4n) is 6.86. The van der Waals surface area contributed by atoms with Crippen LogP contribution in [0.4, 0.5) is 0 Å². The normalized spacial score (nSPS) is 26.8. The SMILES string of the molecule is COC[C@H]1OC(=O)[C@@]12N(C)C(=O)[C@@H](C)[C@@]2(O)[C@H](C[C@H](C)[C@@H](O)C=CC=CCNC(=O)C(C)(C)[C@@H](O)C(C)=CC=CCC=Cc1cnc(C)o1)OC. The number of amides is 2. The molecule has 0 radical (unpaired) electrons. The van der Waals surface area contributed by atoms with Crippen molar-refractivity contribution in [3.05, 3.63) is 72.0 Å². The number of methoxy groups -OCH3 is 2. The molecule has 282 valence electrons. The van der Waals surface area contributed by atoms with Crippen LogP contribution in [0.2, 0.25) is 0 Å². The van der Waals surface area contributed by atoms with Crippen molar-refractivity contribution in [1.82, 2.24) is 15.2 Å². The van der Waals surface area contributed by atoms with Crippen molar-refractivity contribution in [1.29, 1.82) is 0 Å². The molecule has 3 rings (SSSR count). The molecule has 0 saturated carbocycles. The lowest BCUT2D eigenvalue weighted by molar-refractivity contribution is -0.264. The molecule has 51 heavy (non-hydrogen) atoms. The van der Waals surface area contributed by atoms with Crippen LogP contribution in [-0.2, 0) is 28.6 Å². The first kappa shape index (κ1) is 41.5. The number of nitrogens with zero attached hydrogens (tertiary/aromatic N) is 2. The van der Waals surface area contributed by atoms with E-state index in [0.717, 1.165) is 0 Å². The van der Waals surface area contributed by atoms with E-state index in [1.807, 2.05) is 24.3 Å². The third-order valence-electron chi connectivity index (χ3n) is 10.1. The number of carbonyl (C=O) groups is 3. The molecular weight excluding hydrogens is 658 g/mol. The van der Waals surface area contributed by atoms with Crippen LogP contribution in [0.15, 0.2) is 64.8 Å². The lowest BCUT2D eigenvalue weighted by Crippen LogP contribution is -2.81. The summed E-state index contributed by atoms with van der Waals surface area (Å²) in [4.78, 5) is 44.3. The third kappa shape index (κ3) is 8.44. The fourth-order valence-corrected chi connectivity index (χ4v) is 6.86. The summed E-state index contributed by atoms with van der Waals surface area (Å²) in [5, 5.41) is 36.8. The Morgan fingerprint density at radius 2 is 1.88 bits per heavy atom. The summed E-state index contributed by atoms with van der Waals surface area (Å²) >= 11 is 0. The topological polar surface area (TPSA) is 181 Å². The van der Waals surface area contributed by atoms with Gasteiger partial charge in [-0.1, -0.05) is 62.5 Å². The Morgan fingerprint density at radius 3 is 2.49 bits per heavy atom. The fraction of sp³-hybridized carbons (Fsp3) is 0.579. The second kappa shape index (κ2) is 17.6. The first-order valence-electron chi connectivity index (χ1n) is 17.1. The molecule has 0 aromatic carbocycles. The molecule has 13 nitrogen and oxygen atoms in total. The largest absolute Gasteiger partial charge is 0.455 e. The number of esters is 1. The average Bonchev–Trinajstić information content (AvgIpc) is 3.58. The van der Waals surface area contributed by atoms with Gasteiger partial charge in [0.2, 0.25) is 17.4 Å². The number of aromatic nitrogens is 1. The zero-order valence-corrected chi connectivity index (χ0v) is 31.2. The predicted molar refractivity (Wildman–Crippen MR) is 191 cm³/mol. The van der Waals surface area contributed by atoms with Gasteiger partial charge in [-0.25, -0.2) is 9.78 Å². The van der Waals surface area contributed by atoms with Gasteiger partial charge in [0.05, 0.1) is 42.4 Å². The zero-order chi connectivity index (χ0) is 38.1. The number of nitrogens with one attached hydrogen (secondary N) is 1. The van der Waals surface area contributed by atoms with Crippen molar-refractivity contribution < 1.29 is 48.3 Å². The number of cyclic esters (lactones) is 1. The van der Waals surface area contributed by atoms with E-state index in [9.17, 15) is 29.7 Å². The smallest absolute Gasteiger partial charge is 0.339 e. The number of rotatable bonds is 18. The Balaban J connectivity index is 1.52. The Morgan fingerprint density at radius 1 is 1.18 bits per heavy atom. The van der Waals surface area contributed by atoms with Crippen LogP contribution >= 0.6 is 0 Å². The lowest BCUT2D eigenvalue weighted by Gasteiger charge is -2.56. The van der Waals surface area contributed by atoms with Gasteiger partial charge in [-0.15, -0.1) is 0 Å². The van der Waals surface area contributed by atoms with Gasteiger partial charge in [-0.3, -0.25) is 9.59 Å². The Labute approximate surface area is 300 Å². The second-order valence-electron chi connectivity index (χ2n) is 13.9. The molecule has 2 saturated heterocycles. The average molecular weight is 714 g/mol. The van der Waals surface area contributed by atoms with Gasteiger partial charge in [0.15, 0.2) is 12.0 Å². The molecule has 0 bridgehead atoms. The summed E-state index contributed by atoms with van der Waals surface area (Å²) in [7, 11) is 4.30. The van der Waals surface area contributed by atoms with E-state index < -0.39 is 64.7 Å². The number of oxazole rings is 1. The van der Waals surface area contributed by atoms with Crippen LogP contribution in [0.3, 0.4) is 0 Å². The van der Waals surface area contributed by atoms with E-state index >= 15 is 0 Å². The monoisotopic (exact) mass is 713 g/mol. The maximum Gasteiger partial charge on any atom is 0.339 e.